The van der Waals surface area contributed by atoms with Crippen molar-refractivity contribution in [2.45, 2.75) is 5.41 Å². The van der Waals surface area contributed by atoms with Gasteiger partial charge in [-0.3, -0.25) is 0 Å². The SMILES string of the molecule is c1ccc(-c2ccc(N(c3ccccc3)c3ccccc3-c3ccc4c(c3)C3(c5ccccc5-4)c4ccccc4-n4c5ccccc5c5cccc3c54)c(-c3ccccc3)c2)cc1. The summed E-state index contributed by atoms with van der Waals surface area (Å²) < 4.78 is 2.52. The fourth-order valence-electron chi connectivity index (χ4n) is 11.0. The van der Waals surface area contributed by atoms with Crippen LogP contribution in [0, 0.1) is 0 Å². The highest BCUT2D eigenvalue weighted by atomic mass is 15.1. The number of nitrogens with zero attached hydrogens (tertiary/aromatic N) is 2. The molecule has 11 aromatic rings. The molecule has 63 heavy (non-hydrogen) atoms. The number of rotatable bonds is 6. The Morgan fingerprint density at radius 3 is 1.73 bits per heavy atom. The lowest BCUT2D eigenvalue weighted by atomic mass is 9.65. The summed E-state index contributed by atoms with van der Waals surface area (Å²) in [5, 5.41) is 2.57. The number of benzene rings is 10. The quantitative estimate of drug-likeness (QED) is 0.163. The zero-order chi connectivity index (χ0) is 41.5. The Balaban J connectivity index is 1.07. The lowest BCUT2D eigenvalue weighted by molar-refractivity contribution is 0.749. The smallest absolute Gasteiger partial charge is 0.0754 e. The Labute approximate surface area is 367 Å². The van der Waals surface area contributed by atoms with Crippen LogP contribution in [0.5, 0.6) is 0 Å². The summed E-state index contributed by atoms with van der Waals surface area (Å²) in [4.78, 5) is 2.46. The van der Waals surface area contributed by atoms with Crippen LogP contribution in [0.4, 0.5) is 17.1 Å². The molecule has 1 unspecified atom stereocenters. The first-order valence-corrected chi connectivity index (χ1v) is 21.9. The molecule has 2 nitrogen and oxygen atoms in total. The van der Waals surface area contributed by atoms with E-state index in [9.17, 15) is 0 Å². The van der Waals surface area contributed by atoms with Crippen LogP contribution >= 0.6 is 0 Å². The number of anilines is 3. The number of para-hydroxylation sites is 5. The van der Waals surface area contributed by atoms with Crippen molar-refractivity contribution >= 4 is 38.9 Å². The highest BCUT2D eigenvalue weighted by molar-refractivity contribution is 6.13. The second-order valence-electron chi connectivity index (χ2n) is 16.8. The van der Waals surface area contributed by atoms with Gasteiger partial charge in [-0.15, -0.1) is 0 Å². The van der Waals surface area contributed by atoms with E-state index in [0.29, 0.717) is 0 Å². The summed E-state index contributed by atoms with van der Waals surface area (Å²) in [5.74, 6) is 0. The molecule has 0 saturated heterocycles. The van der Waals surface area contributed by atoms with Crippen LogP contribution in [0.25, 0.3) is 72.0 Å². The summed E-state index contributed by atoms with van der Waals surface area (Å²) in [7, 11) is 0. The fourth-order valence-corrected chi connectivity index (χ4v) is 11.0. The van der Waals surface area contributed by atoms with Crippen molar-refractivity contribution in [1.29, 1.82) is 0 Å². The monoisotopic (exact) mass is 800 g/mol. The molecular weight excluding hydrogens is 761 g/mol. The molecule has 294 valence electrons. The average Bonchev–Trinajstić information content (AvgIpc) is 3.85. The molecule has 0 fully saturated rings. The van der Waals surface area contributed by atoms with Gasteiger partial charge >= 0.3 is 0 Å². The van der Waals surface area contributed by atoms with E-state index in [-0.39, 0.29) is 0 Å². The minimum atomic E-state index is -0.537. The minimum absolute atomic E-state index is 0.537. The second kappa shape index (κ2) is 13.9. The van der Waals surface area contributed by atoms with Gasteiger partial charge in [-0.25, -0.2) is 0 Å². The third kappa shape index (κ3) is 5.13. The molecule has 2 heteroatoms. The molecule has 0 amide bonds. The molecule has 1 aliphatic carbocycles. The van der Waals surface area contributed by atoms with Gasteiger partial charge in [0.1, 0.15) is 0 Å². The Bertz CT molecular complexity index is 3570. The van der Waals surface area contributed by atoms with Crippen molar-refractivity contribution in [3.63, 3.8) is 0 Å². The molecule has 1 aromatic heterocycles. The molecule has 13 rings (SSSR count). The topological polar surface area (TPSA) is 8.17 Å². The average molecular weight is 801 g/mol. The Hall–Kier alpha value is -8.20. The largest absolute Gasteiger partial charge is 0.309 e. The fraction of sp³-hybridized carbons (Fsp3) is 0.0164. The summed E-state index contributed by atoms with van der Waals surface area (Å²) in [5.41, 5.74) is 21.5. The highest BCUT2D eigenvalue weighted by Gasteiger charge is 2.50. The van der Waals surface area contributed by atoms with Crippen molar-refractivity contribution in [1.82, 2.24) is 4.57 Å². The van der Waals surface area contributed by atoms with E-state index in [4.69, 9.17) is 0 Å². The number of hydrogen-bond acceptors (Lipinski definition) is 1. The molecule has 1 spiro atoms. The van der Waals surface area contributed by atoms with E-state index in [0.717, 1.165) is 22.6 Å². The van der Waals surface area contributed by atoms with Crippen LogP contribution in [0.3, 0.4) is 0 Å². The predicted octanol–water partition coefficient (Wildman–Crippen LogP) is 15.9. The highest BCUT2D eigenvalue weighted by Crippen LogP contribution is 2.61. The van der Waals surface area contributed by atoms with E-state index in [1.807, 2.05) is 0 Å². The lowest BCUT2D eigenvalue weighted by Crippen LogP contribution is -2.33. The van der Waals surface area contributed by atoms with Crippen molar-refractivity contribution < 1.29 is 0 Å². The zero-order valence-corrected chi connectivity index (χ0v) is 34.5. The molecule has 0 bridgehead atoms. The van der Waals surface area contributed by atoms with Gasteiger partial charge in [0, 0.05) is 27.6 Å². The predicted molar refractivity (Wildman–Crippen MR) is 263 cm³/mol. The van der Waals surface area contributed by atoms with Gasteiger partial charge in [-0.05, 0) is 104 Å². The van der Waals surface area contributed by atoms with Gasteiger partial charge < -0.3 is 9.47 Å². The van der Waals surface area contributed by atoms with Gasteiger partial charge in [-0.1, -0.05) is 194 Å². The maximum absolute atomic E-state index is 2.52. The number of aromatic nitrogens is 1. The molecule has 2 heterocycles. The van der Waals surface area contributed by atoms with Crippen LogP contribution in [0.2, 0.25) is 0 Å². The summed E-state index contributed by atoms with van der Waals surface area (Å²) in [6.45, 7) is 0. The number of fused-ring (bicyclic) bond motifs is 12. The van der Waals surface area contributed by atoms with Crippen LogP contribution < -0.4 is 4.90 Å². The Morgan fingerprint density at radius 2 is 0.905 bits per heavy atom. The lowest BCUT2D eigenvalue weighted by Gasteiger charge is -2.39. The Morgan fingerprint density at radius 1 is 0.317 bits per heavy atom. The minimum Gasteiger partial charge on any atom is -0.309 e. The van der Waals surface area contributed by atoms with E-state index >= 15 is 0 Å². The first kappa shape index (κ1) is 35.5. The summed E-state index contributed by atoms with van der Waals surface area (Å²) >= 11 is 0. The normalized spacial score (nSPS) is 14.4. The van der Waals surface area contributed by atoms with Gasteiger partial charge in [-0.2, -0.15) is 0 Å². The van der Waals surface area contributed by atoms with E-state index < -0.39 is 5.41 Å². The van der Waals surface area contributed by atoms with Crippen molar-refractivity contribution in [2.24, 2.45) is 0 Å². The van der Waals surface area contributed by atoms with Gasteiger partial charge in [0.15, 0.2) is 0 Å². The van der Waals surface area contributed by atoms with Crippen molar-refractivity contribution in [2.75, 3.05) is 4.90 Å². The van der Waals surface area contributed by atoms with E-state index in [1.165, 1.54) is 88.7 Å². The molecule has 1 aliphatic heterocycles. The molecule has 10 aromatic carbocycles. The standard InChI is InChI=1S/C61H40N2/c1-4-19-41(20-5-1)43-36-38-58(51(39-43)42-21-6-2-7-22-42)62(45-23-8-3-9-24-45)56-32-15-11-25-46(56)44-35-37-48-47-26-10-13-29-52(47)61(55(48)40-44)53-30-14-17-34-59(53)63-57-33-16-12-27-49(57)50-28-18-31-54(61)60(50)63/h1-40H. The van der Waals surface area contributed by atoms with E-state index in [1.54, 1.807) is 0 Å². The van der Waals surface area contributed by atoms with E-state index in [2.05, 4.69) is 252 Å². The summed E-state index contributed by atoms with van der Waals surface area (Å²) in [6, 6.07) is 89.6. The maximum Gasteiger partial charge on any atom is 0.0754 e. The van der Waals surface area contributed by atoms with Gasteiger partial charge in [0.2, 0.25) is 0 Å². The maximum atomic E-state index is 2.52. The first-order chi connectivity index (χ1) is 31.3. The molecular formula is C61H40N2. The molecule has 1 atom stereocenters. The Kier molecular flexibility index (Phi) is 7.85. The van der Waals surface area contributed by atoms with Gasteiger partial charge in [0.05, 0.1) is 33.5 Å². The third-order valence-corrected chi connectivity index (χ3v) is 13.6. The number of hydrogen-bond donors (Lipinski definition) is 0. The third-order valence-electron chi connectivity index (χ3n) is 13.6. The van der Waals surface area contributed by atoms with Crippen molar-refractivity contribution in [3.05, 3.63) is 265 Å². The van der Waals surface area contributed by atoms with Crippen LogP contribution in [0.1, 0.15) is 22.3 Å². The van der Waals surface area contributed by atoms with Crippen molar-refractivity contribution in [3.8, 4) is 50.2 Å². The molecule has 2 aliphatic rings. The zero-order valence-electron chi connectivity index (χ0n) is 34.5. The molecule has 0 N–H and O–H groups in total. The van der Waals surface area contributed by atoms with Gasteiger partial charge in [0.25, 0.3) is 0 Å². The van der Waals surface area contributed by atoms with Crippen LogP contribution in [-0.2, 0) is 5.41 Å². The molecule has 0 radical (unpaired) electrons. The molecule has 0 saturated carbocycles. The van der Waals surface area contributed by atoms with Crippen LogP contribution in [0.15, 0.2) is 243 Å². The summed E-state index contributed by atoms with van der Waals surface area (Å²) in [6.07, 6.45) is 0. The second-order valence-corrected chi connectivity index (χ2v) is 16.8. The first-order valence-electron chi connectivity index (χ1n) is 21.9. The van der Waals surface area contributed by atoms with Crippen LogP contribution in [-0.4, -0.2) is 4.57 Å².